The monoisotopic (exact) mass is 325 g/mol. The van der Waals surface area contributed by atoms with Gasteiger partial charge in [-0.3, -0.25) is 4.79 Å². The summed E-state index contributed by atoms with van der Waals surface area (Å²) in [7, 11) is 0. The first-order valence-electron chi connectivity index (χ1n) is 8.04. The molecule has 1 N–H and O–H groups in total. The van der Waals surface area contributed by atoms with E-state index >= 15 is 0 Å². The number of imidazole rings is 1. The quantitative estimate of drug-likeness (QED) is 0.777. The lowest BCUT2D eigenvalue weighted by Crippen LogP contribution is -2.25. The molecule has 0 aliphatic heterocycles. The summed E-state index contributed by atoms with van der Waals surface area (Å²) in [6.07, 6.45) is 2.58. The van der Waals surface area contributed by atoms with E-state index in [0.717, 1.165) is 23.0 Å². The molecule has 0 fully saturated rings. The van der Waals surface area contributed by atoms with Gasteiger partial charge >= 0.3 is 0 Å². The first-order valence-corrected chi connectivity index (χ1v) is 8.04. The number of fused-ring (bicyclic) bond motifs is 1. The van der Waals surface area contributed by atoms with E-state index in [2.05, 4.69) is 46.9 Å². The minimum atomic E-state index is -0.347. The van der Waals surface area contributed by atoms with Gasteiger partial charge in [-0.1, -0.05) is 6.07 Å². The van der Waals surface area contributed by atoms with Crippen molar-refractivity contribution in [1.82, 2.24) is 14.9 Å². The van der Waals surface area contributed by atoms with Crippen LogP contribution in [0, 0.1) is 5.82 Å². The summed E-state index contributed by atoms with van der Waals surface area (Å²) in [4.78, 5) is 16.4. The molecule has 1 aromatic heterocycles. The highest BCUT2D eigenvalue weighted by atomic mass is 19.1. The van der Waals surface area contributed by atoms with Crippen molar-refractivity contribution >= 4 is 16.9 Å². The molecule has 1 amide bonds. The third kappa shape index (κ3) is 3.45. The zero-order chi connectivity index (χ0) is 17.1. The van der Waals surface area contributed by atoms with E-state index in [4.69, 9.17) is 0 Å². The van der Waals surface area contributed by atoms with Crippen LogP contribution in [0.3, 0.4) is 0 Å². The van der Waals surface area contributed by atoms with E-state index in [1.54, 1.807) is 0 Å². The number of nitrogens with one attached hydrogen (secondary N) is 1. The maximum absolute atomic E-state index is 12.9. The van der Waals surface area contributed by atoms with Gasteiger partial charge in [-0.15, -0.1) is 0 Å². The lowest BCUT2D eigenvalue weighted by atomic mass is 10.1. The normalized spacial score (nSPS) is 11.2. The van der Waals surface area contributed by atoms with Crippen molar-refractivity contribution in [3.8, 4) is 0 Å². The van der Waals surface area contributed by atoms with Gasteiger partial charge in [-0.25, -0.2) is 9.37 Å². The van der Waals surface area contributed by atoms with Crippen molar-refractivity contribution < 1.29 is 9.18 Å². The fourth-order valence-corrected chi connectivity index (χ4v) is 2.67. The summed E-state index contributed by atoms with van der Waals surface area (Å²) in [6, 6.07) is 12.1. The number of carbonyl (C=O) groups is 1. The lowest BCUT2D eigenvalue weighted by Gasteiger charge is -2.08. The molecule has 0 radical (unpaired) electrons. The fraction of sp³-hybridized carbons (Fsp3) is 0.263. The summed E-state index contributed by atoms with van der Waals surface area (Å²) in [6.45, 7) is 4.77. The Morgan fingerprint density at radius 1 is 1.21 bits per heavy atom. The van der Waals surface area contributed by atoms with Gasteiger partial charge < -0.3 is 9.88 Å². The molecule has 2 aromatic carbocycles. The second-order valence-electron chi connectivity index (χ2n) is 6.08. The maximum Gasteiger partial charge on any atom is 0.251 e. The van der Waals surface area contributed by atoms with E-state index in [0.29, 0.717) is 18.2 Å². The molecule has 0 bridgehead atoms. The first kappa shape index (κ1) is 16.2. The second kappa shape index (κ2) is 6.83. The Bertz CT molecular complexity index is 853. The number of rotatable bonds is 5. The molecule has 4 nitrogen and oxygen atoms in total. The van der Waals surface area contributed by atoms with Gasteiger partial charge in [-0.2, -0.15) is 0 Å². The number of carbonyl (C=O) groups excluding carboxylic acids is 1. The average Bonchev–Trinajstić information content (AvgIpc) is 2.99. The summed E-state index contributed by atoms with van der Waals surface area (Å²) in [5, 5.41) is 2.85. The molecule has 0 saturated carbocycles. The zero-order valence-electron chi connectivity index (χ0n) is 13.8. The molecule has 1 heterocycles. The fourth-order valence-electron chi connectivity index (χ4n) is 2.67. The van der Waals surface area contributed by atoms with E-state index in [1.807, 2.05) is 6.33 Å². The van der Waals surface area contributed by atoms with E-state index in [-0.39, 0.29) is 11.7 Å². The van der Waals surface area contributed by atoms with Crippen molar-refractivity contribution in [3.63, 3.8) is 0 Å². The summed E-state index contributed by atoms with van der Waals surface area (Å²) < 4.78 is 15.0. The first-order chi connectivity index (χ1) is 11.5. The summed E-state index contributed by atoms with van der Waals surface area (Å²) >= 11 is 0. The molecule has 24 heavy (non-hydrogen) atoms. The lowest BCUT2D eigenvalue weighted by molar-refractivity contribution is 0.0954. The Kier molecular flexibility index (Phi) is 4.60. The third-order valence-electron chi connectivity index (χ3n) is 4.00. The highest BCUT2D eigenvalue weighted by molar-refractivity contribution is 5.94. The van der Waals surface area contributed by atoms with Gasteiger partial charge in [0.25, 0.3) is 5.91 Å². The van der Waals surface area contributed by atoms with Gasteiger partial charge in [0.1, 0.15) is 5.82 Å². The largest absolute Gasteiger partial charge is 0.352 e. The van der Waals surface area contributed by atoms with Gasteiger partial charge in [0.05, 0.1) is 17.4 Å². The Morgan fingerprint density at radius 3 is 2.67 bits per heavy atom. The Morgan fingerprint density at radius 2 is 1.96 bits per heavy atom. The van der Waals surface area contributed by atoms with Gasteiger partial charge in [0.15, 0.2) is 0 Å². The van der Waals surface area contributed by atoms with Crippen LogP contribution in [0.15, 0.2) is 48.8 Å². The van der Waals surface area contributed by atoms with Crippen LogP contribution in [0.4, 0.5) is 4.39 Å². The molecule has 0 aliphatic carbocycles. The average molecular weight is 325 g/mol. The van der Waals surface area contributed by atoms with Crippen molar-refractivity contribution in [2.24, 2.45) is 0 Å². The van der Waals surface area contributed by atoms with Gasteiger partial charge in [0, 0.05) is 18.2 Å². The molecule has 0 unspecified atom stereocenters. The molecule has 0 saturated heterocycles. The predicted molar refractivity (Wildman–Crippen MR) is 92.6 cm³/mol. The number of aromatic nitrogens is 2. The standard InChI is InChI=1S/C19H20FN3O/c1-13(2)23-12-22-17-11-14(3-8-18(17)23)9-10-21-19(24)15-4-6-16(20)7-5-15/h3-8,11-13H,9-10H2,1-2H3,(H,21,24). The summed E-state index contributed by atoms with van der Waals surface area (Å²) in [5.74, 6) is -0.541. The van der Waals surface area contributed by atoms with Crippen LogP contribution in [0.25, 0.3) is 11.0 Å². The van der Waals surface area contributed by atoms with Gasteiger partial charge in [0.2, 0.25) is 0 Å². The van der Waals surface area contributed by atoms with Crippen LogP contribution in [-0.4, -0.2) is 22.0 Å². The van der Waals surface area contributed by atoms with Crippen LogP contribution in [0.1, 0.15) is 35.8 Å². The molecule has 0 atom stereocenters. The predicted octanol–water partition coefficient (Wildman–Crippen LogP) is 3.73. The number of benzene rings is 2. The molecule has 3 rings (SSSR count). The van der Waals surface area contributed by atoms with E-state index in [9.17, 15) is 9.18 Å². The van der Waals surface area contributed by atoms with Gasteiger partial charge in [-0.05, 0) is 62.2 Å². The van der Waals surface area contributed by atoms with Crippen molar-refractivity contribution in [2.75, 3.05) is 6.54 Å². The zero-order valence-corrected chi connectivity index (χ0v) is 13.8. The minimum absolute atomic E-state index is 0.194. The van der Waals surface area contributed by atoms with Crippen LogP contribution >= 0.6 is 0 Å². The minimum Gasteiger partial charge on any atom is -0.352 e. The number of halogens is 1. The Hall–Kier alpha value is -2.69. The molecular formula is C19H20FN3O. The van der Waals surface area contributed by atoms with Crippen molar-refractivity contribution in [1.29, 1.82) is 0 Å². The molecule has 0 aliphatic rings. The number of nitrogens with zero attached hydrogens (tertiary/aromatic N) is 2. The van der Waals surface area contributed by atoms with E-state index < -0.39 is 0 Å². The number of hydrogen-bond acceptors (Lipinski definition) is 2. The topological polar surface area (TPSA) is 46.9 Å². The maximum atomic E-state index is 12.9. The second-order valence-corrected chi connectivity index (χ2v) is 6.08. The highest BCUT2D eigenvalue weighted by Gasteiger charge is 2.07. The Balaban J connectivity index is 1.61. The van der Waals surface area contributed by atoms with E-state index in [1.165, 1.54) is 24.3 Å². The molecule has 124 valence electrons. The molecule has 0 spiro atoms. The van der Waals surface area contributed by atoms with Crippen molar-refractivity contribution in [3.05, 3.63) is 65.7 Å². The Labute approximate surface area is 140 Å². The third-order valence-corrected chi connectivity index (χ3v) is 4.00. The summed E-state index contributed by atoms with van der Waals surface area (Å²) in [5.41, 5.74) is 3.66. The number of hydrogen-bond donors (Lipinski definition) is 1. The van der Waals surface area contributed by atoms with Crippen LogP contribution in [-0.2, 0) is 6.42 Å². The molecule has 5 heteroatoms. The number of amides is 1. The molecular weight excluding hydrogens is 305 g/mol. The SMILES string of the molecule is CC(C)n1cnc2cc(CCNC(=O)c3ccc(F)cc3)ccc21. The van der Waals surface area contributed by atoms with Crippen LogP contribution in [0.5, 0.6) is 0 Å². The smallest absolute Gasteiger partial charge is 0.251 e. The highest BCUT2D eigenvalue weighted by Crippen LogP contribution is 2.19. The van der Waals surface area contributed by atoms with Crippen LogP contribution in [0.2, 0.25) is 0 Å². The van der Waals surface area contributed by atoms with Crippen molar-refractivity contribution in [2.45, 2.75) is 26.3 Å². The van der Waals surface area contributed by atoms with Crippen LogP contribution < -0.4 is 5.32 Å². The molecule has 3 aromatic rings.